The zero-order chi connectivity index (χ0) is 11.7. The van der Waals surface area contributed by atoms with Crippen molar-refractivity contribution in [1.29, 1.82) is 0 Å². The molecule has 0 bridgehead atoms. The van der Waals surface area contributed by atoms with E-state index in [-0.39, 0.29) is 0 Å². The highest BCUT2D eigenvalue weighted by molar-refractivity contribution is 5.61. The molecule has 1 atom stereocenters. The van der Waals surface area contributed by atoms with Gasteiger partial charge in [-0.2, -0.15) is 0 Å². The van der Waals surface area contributed by atoms with Crippen LogP contribution in [0.15, 0.2) is 16.8 Å². The first-order valence-corrected chi connectivity index (χ1v) is 5.87. The standard InChI is InChI=1S/C13H25NO/c1-6-12(5)8-14-13(7-2)10-15-9-11(3)4/h7-8,11-12H,6,9-10H2,1-5H3/b13-7-,14-8?. The van der Waals surface area contributed by atoms with E-state index in [1.54, 1.807) is 0 Å². The van der Waals surface area contributed by atoms with Crippen LogP contribution in [0.3, 0.4) is 0 Å². The Kier molecular flexibility index (Phi) is 8.30. The molecule has 88 valence electrons. The van der Waals surface area contributed by atoms with Gasteiger partial charge in [-0.25, -0.2) is 0 Å². The van der Waals surface area contributed by atoms with Crippen LogP contribution in [0.5, 0.6) is 0 Å². The monoisotopic (exact) mass is 211 g/mol. The Morgan fingerprint density at radius 1 is 1.33 bits per heavy atom. The van der Waals surface area contributed by atoms with Crippen LogP contribution in [0.2, 0.25) is 0 Å². The summed E-state index contributed by atoms with van der Waals surface area (Å²) < 4.78 is 5.53. The van der Waals surface area contributed by atoms with Crippen molar-refractivity contribution >= 4 is 6.21 Å². The third kappa shape index (κ3) is 8.37. The first-order valence-electron chi connectivity index (χ1n) is 5.87. The molecule has 0 saturated carbocycles. The van der Waals surface area contributed by atoms with Crippen LogP contribution in [0.25, 0.3) is 0 Å². The molecule has 15 heavy (non-hydrogen) atoms. The Labute approximate surface area is 94.4 Å². The largest absolute Gasteiger partial charge is 0.375 e. The molecule has 2 nitrogen and oxygen atoms in total. The SMILES string of the molecule is C/C=C(/COCC(C)C)N=CC(C)CC. The zero-order valence-electron chi connectivity index (χ0n) is 10.8. The lowest BCUT2D eigenvalue weighted by molar-refractivity contribution is 0.129. The molecule has 0 aliphatic rings. The minimum Gasteiger partial charge on any atom is -0.375 e. The van der Waals surface area contributed by atoms with Crippen molar-refractivity contribution in [2.45, 2.75) is 41.0 Å². The highest BCUT2D eigenvalue weighted by Crippen LogP contribution is 2.03. The van der Waals surface area contributed by atoms with Crippen LogP contribution in [0, 0.1) is 11.8 Å². The molecule has 0 amide bonds. The number of hydrogen-bond donors (Lipinski definition) is 0. The predicted octanol–water partition coefficient (Wildman–Crippen LogP) is 3.68. The first kappa shape index (κ1) is 14.4. The van der Waals surface area contributed by atoms with E-state index in [2.05, 4.69) is 32.7 Å². The summed E-state index contributed by atoms with van der Waals surface area (Å²) in [4.78, 5) is 4.42. The normalized spacial score (nSPS) is 15.2. The molecule has 2 heteroatoms. The van der Waals surface area contributed by atoms with E-state index in [0.717, 1.165) is 18.7 Å². The summed E-state index contributed by atoms with van der Waals surface area (Å²) in [6.45, 7) is 12.1. The zero-order valence-corrected chi connectivity index (χ0v) is 10.8. The molecule has 0 N–H and O–H groups in total. The van der Waals surface area contributed by atoms with Crippen LogP contribution < -0.4 is 0 Å². The number of nitrogens with zero attached hydrogens (tertiary/aromatic N) is 1. The van der Waals surface area contributed by atoms with Crippen molar-refractivity contribution < 1.29 is 4.74 Å². The van der Waals surface area contributed by atoms with Crippen LogP contribution in [-0.4, -0.2) is 19.4 Å². The molecule has 1 unspecified atom stereocenters. The maximum absolute atomic E-state index is 5.53. The lowest BCUT2D eigenvalue weighted by atomic mass is 10.1. The van der Waals surface area contributed by atoms with Crippen LogP contribution in [-0.2, 0) is 4.74 Å². The fraction of sp³-hybridized carbons (Fsp3) is 0.769. The van der Waals surface area contributed by atoms with E-state index in [4.69, 9.17) is 4.74 Å². The molecule has 0 radical (unpaired) electrons. The van der Waals surface area contributed by atoms with Crippen molar-refractivity contribution in [2.75, 3.05) is 13.2 Å². The average Bonchev–Trinajstić information content (AvgIpc) is 2.22. The third-order valence-electron chi connectivity index (χ3n) is 2.17. The number of aliphatic imine (C=N–C) groups is 1. The van der Waals surface area contributed by atoms with Gasteiger partial charge in [0, 0.05) is 12.8 Å². The van der Waals surface area contributed by atoms with Gasteiger partial charge in [-0.05, 0) is 25.2 Å². The summed E-state index contributed by atoms with van der Waals surface area (Å²) in [6.07, 6.45) is 5.15. The molecule has 0 saturated heterocycles. The van der Waals surface area contributed by atoms with Gasteiger partial charge in [-0.15, -0.1) is 0 Å². The van der Waals surface area contributed by atoms with Gasteiger partial charge in [0.05, 0.1) is 12.3 Å². The van der Waals surface area contributed by atoms with E-state index < -0.39 is 0 Å². The molecule has 0 heterocycles. The molecule has 0 rings (SSSR count). The molecular weight excluding hydrogens is 186 g/mol. The summed E-state index contributed by atoms with van der Waals surface area (Å²) in [5.74, 6) is 1.13. The Balaban J connectivity index is 3.89. The summed E-state index contributed by atoms with van der Waals surface area (Å²) in [5, 5.41) is 0. The molecule has 0 aliphatic heterocycles. The number of hydrogen-bond acceptors (Lipinski definition) is 2. The van der Waals surface area contributed by atoms with Crippen molar-refractivity contribution in [2.24, 2.45) is 16.8 Å². The van der Waals surface area contributed by atoms with E-state index in [9.17, 15) is 0 Å². The molecule has 0 aromatic rings. The topological polar surface area (TPSA) is 21.6 Å². The fourth-order valence-electron chi connectivity index (χ4n) is 0.923. The highest BCUT2D eigenvalue weighted by Gasteiger charge is 1.97. The van der Waals surface area contributed by atoms with Crippen LogP contribution in [0.1, 0.15) is 41.0 Å². The van der Waals surface area contributed by atoms with Crippen LogP contribution in [0.4, 0.5) is 0 Å². The summed E-state index contributed by atoms with van der Waals surface area (Å²) in [7, 11) is 0. The third-order valence-corrected chi connectivity index (χ3v) is 2.17. The number of allylic oxidation sites excluding steroid dienone is 1. The van der Waals surface area contributed by atoms with Gasteiger partial charge < -0.3 is 4.74 Å². The van der Waals surface area contributed by atoms with Gasteiger partial charge in [-0.1, -0.05) is 33.8 Å². The number of ether oxygens (including phenoxy) is 1. The van der Waals surface area contributed by atoms with Gasteiger partial charge in [0.1, 0.15) is 0 Å². The molecule has 0 spiro atoms. The number of rotatable bonds is 7. The Hall–Kier alpha value is -0.630. The van der Waals surface area contributed by atoms with E-state index in [0.29, 0.717) is 18.4 Å². The second-order valence-corrected chi connectivity index (χ2v) is 4.35. The van der Waals surface area contributed by atoms with E-state index in [1.807, 2.05) is 19.2 Å². The fourth-order valence-corrected chi connectivity index (χ4v) is 0.923. The second-order valence-electron chi connectivity index (χ2n) is 4.35. The minimum atomic E-state index is 0.546. The Morgan fingerprint density at radius 2 is 2.00 bits per heavy atom. The van der Waals surface area contributed by atoms with Crippen molar-refractivity contribution in [3.8, 4) is 0 Å². The van der Waals surface area contributed by atoms with Gasteiger partial charge in [0.2, 0.25) is 0 Å². The smallest absolute Gasteiger partial charge is 0.0884 e. The Bertz CT molecular complexity index is 207. The van der Waals surface area contributed by atoms with Gasteiger partial charge in [-0.3, -0.25) is 4.99 Å². The lowest BCUT2D eigenvalue weighted by Crippen LogP contribution is -2.05. The highest BCUT2D eigenvalue weighted by atomic mass is 16.5. The minimum absolute atomic E-state index is 0.546. The van der Waals surface area contributed by atoms with Gasteiger partial charge >= 0.3 is 0 Å². The maximum atomic E-state index is 5.53. The van der Waals surface area contributed by atoms with E-state index >= 15 is 0 Å². The lowest BCUT2D eigenvalue weighted by Gasteiger charge is -2.07. The quantitative estimate of drug-likeness (QED) is 0.589. The van der Waals surface area contributed by atoms with Crippen molar-refractivity contribution in [1.82, 2.24) is 0 Å². The molecule has 0 aromatic heterocycles. The molecule has 0 aromatic carbocycles. The van der Waals surface area contributed by atoms with Crippen LogP contribution >= 0.6 is 0 Å². The maximum Gasteiger partial charge on any atom is 0.0884 e. The summed E-state index contributed by atoms with van der Waals surface area (Å²) in [5.41, 5.74) is 1.02. The predicted molar refractivity (Wildman–Crippen MR) is 67.4 cm³/mol. The summed E-state index contributed by atoms with van der Waals surface area (Å²) >= 11 is 0. The van der Waals surface area contributed by atoms with Crippen molar-refractivity contribution in [3.63, 3.8) is 0 Å². The molecular formula is C13H25NO. The molecule has 0 fully saturated rings. The Morgan fingerprint density at radius 3 is 2.47 bits per heavy atom. The van der Waals surface area contributed by atoms with Gasteiger partial charge in [0.15, 0.2) is 0 Å². The average molecular weight is 211 g/mol. The van der Waals surface area contributed by atoms with E-state index in [1.165, 1.54) is 0 Å². The van der Waals surface area contributed by atoms with Gasteiger partial charge in [0.25, 0.3) is 0 Å². The first-order chi connectivity index (χ1) is 7.10. The molecule has 0 aliphatic carbocycles. The summed E-state index contributed by atoms with van der Waals surface area (Å²) in [6, 6.07) is 0. The second kappa shape index (κ2) is 8.66. The van der Waals surface area contributed by atoms with Crippen molar-refractivity contribution in [3.05, 3.63) is 11.8 Å².